The molecule has 30 heavy (non-hydrogen) atoms. The Morgan fingerprint density at radius 2 is 1.73 bits per heavy atom. The van der Waals surface area contributed by atoms with E-state index in [-0.39, 0.29) is 10.5 Å². The average molecular weight is 446 g/mol. The molecule has 1 aliphatic heterocycles. The fraction of sp³-hybridized carbons (Fsp3) is 0.0952. The van der Waals surface area contributed by atoms with Crippen LogP contribution in [0.4, 0.5) is 4.39 Å². The molecular weight excluding hydrogens is 429 g/mol. The number of aliphatic imine (C=N–C) groups is 1. The fourth-order valence-electron chi connectivity index (χ4n) is 3.37. The van der Waals surface area contributed by atoms with Crippen molar-refractivity contribution < 1.29 is 17.9 Å². The highest BCUT2D eigenvalue weighted by Crippen LogP contribution is 2.41. The van der Waals surface area contributed by atoms with E-state index in [1.165, 1.54) is 42.5 Å². The second-order valence-corrected chi connectivity index (χ2v) is 8.90. The molecule has 0 spiro atoms. The number of hydrogen-bond donors (Lipinski definition) is 3. The van der Waals surface area contributed by atoms with E-state index >= 15 is 0 Å². The van der Waals surface area contributed by atoms with Gasteiger partial charge in [0.2, 0.25) is 10.0 Å². The summed E-state index contributed by atoms with van der Waals surface area (Å²) in [6, 6.07) is 17.3. The molecule has 1 heterocycles. The summed E-state index contributed by atoms with van der Waals surface area (Å²) in [5, 5.41) is 20.3. The van der Waals surface area contributed by atoms with E-state index in [1.54, 1.807) is 30.3 Å². The number of benzene rings is 3. The molecule has 0 aliphatic carbocycles. The Kier molecular flexibility index (Phi) is 5.11. The maximum atomic E-state index is 13.9. The van der Waals surface area contributed by atoms with Crippen LogP contribution in [0.1, 0.15) is 22.7 Å². The van der Waals surface area contributed by atoms with E-state index in [0.29, 0.717) is 22.0 Å². The van der Waals surface area contributed by atoms with Gasteiger partial charge in [0, 0.05) is 16.1 Å². The molecule has 0 fully saturated rings. The summed E-state index contributed by atoms with van der Waals surface area (Å²) in [6.45, 7) is 0. The molecule has 0 bridgehead atoms. The van der Waals surface area contributed by atoms with Crippen LogP contribution in [0.25, 0.3) is 0 Å². The van der Waals surface area contributed by atoms with Crippen molar-refractivity contribution in [3.05, 3.63) is 100 Å². The van der Waals surface area contributed by atoms with Crippen LogP contribution in [-0.4, -0.2) is 19.4 Å². The van der Waals surface area contributed by atoms with Gasteiger partial charge < -0.3 is 10.4 Å². The average Bonchev–Trinajstić information content (AvgIpc) is 3.07. The number of amidine groups is 1. The van der Waals surface area contributed by atoms with Gasteiger partial charge in [0.1, 0.15) is 17.7 Å². The predicted molar refractivity (Wildman–Crippen MR) is 112 cm³/mol. The third kappa shape index (κ3) is 3.82. The van der Waals surface area contributed by atoms with E-state index in [4.69, 9.17) is 16.7 Å². The number of nitrogens with two attached hydrogens (primary N) is 1. The molecule has 2 unspecified atom stereocenters. The van der Waals surface area contributed by atoms with Crippen molar-refractivity contribution in [1.29, 1.82) is 0 Å². The summed E-state index contributed by atoms with van der Waals surface area (Å²) in [7, 11) is -3.86. The van der Waals surface area contributed by atoms with Crippen molar-refractivity contribution in [3.63, 3.8) is 0 Å². The summed E-state index contributed by atoms with van der Waals surface area (Å²) in [5.74, 6) is -0.120. The number of primary sulfonamides is 1. The van der Waals surface area contributed by atoms with Gasteiger partial charge in [-0.3, -0.25) is 4.99 Å². The van der Waals surface area contributed by atoms with E-state index in [9.17, 15) is 17.9 Å². The van der Waals surface area contributed by atoms with Crippen molar-refractivity contribution in [2.75, 3.05) is 0 Å². The number of aliphatic hydroxyl groups is 1. The lowest BCUT2D eigenvalue weighted by Gasteiger charge is -2.30. The first-order chi connectivity index (χ1) is 14.2. The molecular formula is C21H17ClFN3O3S. The number of sulfonamides is 1. The largest absolute Gasteiger partial charge is 0.365 e. The van der Waals surface area contributed by atoms with Gasteiger partial charge in [-0.2, -0.15) is 0 Å². The van der Waals surface area contributed by atoms with Crippen LogP contribution >= 0.6 is 11.6 Å². The van der Waals surface area contributed by atoms with E-state index in [2.05, 4.69) is 10.3 Å². The Hall–Kier alpha value is -2.78. The van der Waals surface area contributed by atoms with Crippen LogP contribution in [0.3, 0.4) is 0 Å². The molecule has 3 aromatic rings. The van der Waals surface area contributed by atoms with Gasteiger partial charge in [-0.05, 0) is 54.1 Å². The minimum absolute atomic E-state index is 0.0617. The zero-order valence-corrected chi connectivity index (χ0v) is 17.0. The molecule has 1 aliphatic rings. The van der Waals surface area contributed by atoms with Crippen LogP contribution in [0.5, 0.6) is 0 Å². The highest BCUT2D eigenvalue weighted by Gasteiger charge is 2.45. The van der Waals surface area contributed by atoms with Gasteiger partial charge in [-0.1, -0.05) is 35.9 Å². The predicted octanol–water partition coefficient (Wildman–Crippen LogP) is 3.06. The smallest absolute Gasteiger partial charge is 0.238 e. The second kappa shape index (κ2) is 7.48. The maximum absolute atomic E-state index is 13.9. The molecule has 4 N–H and O–H groups in total. The highest BCUT2D eigenvalue weighted by molar-refractivity contribution is 7.89. The molecule has 3 aromatic carbocycles. The third-order valence-electron chi connectivity index (χ3n) is 4.87. The summed E-state index contributed by atoms with van der Waals surface area (Å²) in [6.07, 6.45) is 0. The standard InChI is InChI=1S/C21H17ClFN3O3S/c22-16-8-4-14(5-9-16)20-25-19(13-6-10-18(11-7-13)30(24,28)29)21(27,26-20)15-2-1-3-17(23)12-15/h1-12,19,27H,(H,25,26)(H2,24,28,29). The second-order valence-electron chi connectivity index (χ2n) is 6.90. The van der Waals surface area contributed by atoms with Gasteiger partial charge in [-0.25, -0.2) is 17.9 Å². The molecule has 0 saturated carbocycles. The van der Waals surface area contributed by atoms with Crippen LogP contribution < -0.4 is 10.5 Å². The van der Waals surface area contributed by atoms with Crippen molar-refractivity contribution in [2.24, 2.45) is 10.1 Å². The van der Waals surface area contributed by atoms with Crippen LogP contribution in [0.2, 0.25) is 5.02 Å². The van der Waals surface area contributed by atoms with E-state index < -0.39 is 27.6 Å². The Balaban J connectivity index is 1.82. The first kappa shape index (κ1) is 20.5. The molecule has 6 nitrogen and oxygen atoms in total. The van der Waals surface area contributed by atoms with Gasteiger partial charge >= 0.3 is 0 Å². The Labute approximate surface area is 177 Å². The minimum atomic E-state index is -3.86. The van der Waals surface area contributed by atoms with Crippen molar-refractivity contribution in [2.45, 2.75) is 16.7 Å². The zero-order chi connectivity index (χ0) is 21.5. The van der Waals surface area contributed by atoms with Gasteiger partial charge in [0.05, 0.1) is 4.90 Å². The number of nitrogens with zero attached hydrogens (tertiary/aromatic N) is 1. The van der Waals surface area contributed by atoms with Gasteiger partial charge in [-0.15, -0.1) is 0 Å². The molecule has 154 valence electrons. The lowest BCUT2D eigenvalue weighted by atomic mass is 9.91. The van der Waals surface area contributed by atoms with Gasteiger partial charge in [0.15, 0.2) is 5.72 Å². The summed E-state index contributed by atoms with van der Waals surface area (Å²) < 4.78 is 37.0. The third-order valence-corrected chi connectivity index (χ3v) is 6.05. The zero-order valence-electron chi connectivity index (χ0n) is 15.5. The maximum Gasteiger partial charge on any atom is 0.238 e. The van der Waals surface area contributed by atoms with Crippen molar-refractivity contribution >= 4 is 27.5 Å². The monoisotopic (exact) mass is 445 g/mol. The normalized spacial score (nSPS) is 21.2. The molecule has 4 rings (SSSR count). The highest BCUT2D eigenvalue weighted by atomic mass is 35.5. The lowest BCUT2D eigenvalue weighted by Crippen LogP contribution is -2.44. The molecule has 2 atom stereocenters. The van der Waals surface area contributed by atoms with Gasteiger partial charge in [0.25, 0.3) is 0 Å². The minimum Gasteiger partial charge on any atom is -0.365 e. The first-order valence-corrected chi connectivity index (χ1v) is 10.8. The SMILES string of the molecule is NS(=O)(=O)c1ccc(C2N=C(c3ccc(Cl)cc3)NC2(O)c2cccc(F)c2)cc1. The number of halogens is 2. The van der Waals surface area contributed by atoms with Crippen molar-refractivity contribution in [1.82, 2.24) is 5.32 Å². The summed E-state index contributed by atoms with van der Waals surface area (Å²) >= 11 is 5.95. The van der Waals surface area contributed by atoms with Crippen LogP contribution in [0, 0.1) is 5.82 Å². The van der Waals surface area contributed by atoms with Crippen molar-refractivity contribution in [3.8, 4) is 0 Å². The quantitative estimate of drug-likeness (QED) is 0.574. The van der Waals surface area contributed by atoms with E-state index in [1.807, 2.05) is 0 Å². The molecule has 9 heteroatoms. The summed E-state index contributed by atoms with van der Waals surface area (Å²) in [5.41, 5.74) is -0.292. The fourth-order valence-corrected chi connectivity index (χ4v) is 4.01. The molecule has 0 radical (unpaired) electrons. The van der Waals surface area contributed by atoms with Crippen LogP contribution in [0.15, 0.2) is 82.7 Å². The summed E-state index contributed by atoms with van der Waals surface area (Å²) in [4.78, 5) is 4.56. The molecule has 0 aromatic heterocycles. The number of nitrogens with one attached hydrogen (secondary N) is 1. The number of rotatable bonds is 4. The first-order valence-electron chi connectivity index (χ1n) is 8.90. The van der Waals surface area contributed by atoms with E-state index in [0.717, 1.165) is 0 Å². The Bertz CT molecular complexity index is 1230. The lowest BCUT2D eigenvalue weighted by molar-refractivity contribution is 0.00480. The molecule has 0 saturated heterocycles. The Morgan fingerprint density at radius 3 is 2.33 bits per heavy atom. The van der Waals surface area contributed by atoms with Crippen LogP contribution in [-0.2, 0) is 15.7 Å². The number of hydrogen-bond acceptors (Lipinski definition) is 5. The topological polar surface area (TPSA) is 105 Å². The molecule has 0 amide bonds. The Morgan fingerprint density at radius 1 is 1.07 bits per heavy atom.